The highest BCUT2D eigenvalue weighted by Gasteiger charge is 2.34. The summed E-state index contributed by atoms with van der Waals surface area (Å²) in [6.45, 7) is 0.225. The van der Waals surface area contributed by atoms with Crippen molar-refractivity contribution in [2.75, 3.05) is 12.4 Å². The average molecular weight is 289 g/mol. The SMILES string of the molecule is N#Cc1ccc(OCCCCCS)c(C(F)(F)F)c1. The van der Waals surface area contributed by atoms with Crippen LogP contribution in [0.1, 0.15) is 30.4 Å². The molecule has 0 aliphatic heterocycles. The number of hydrogen-bond acceptors (Lipinski definition) is 3. The van der Waals surface area contributed by atoms with E-state index < -0.39 is 11.7 Å². The maximum atomic E-state index is 12.8. The number of thiol groups is 1. The number of hydrogen-bond donors (Lipinski definition) is 1. The van der Waals surface area contributed by atoms with Gasteiger partial charge in [-0.2, -0.15) is 31.1 Å². The standard InChI is InChI=1S/C13H14F3NOS/c14-13(15,16)11-8-10(9-17)4-5-12(11)18-6-2-1-3-7-19/h4-5,8,19H,1-3,6-7H2. The van der Waals surface area contributed by atoms with Gasteiger partial charge in [0, 0.05) is 0 Å². The van der Waals surface area contributed by atoms with E-state index in [1.54, 1.807) is 6.07 Å². The predicted octanol–water partition coefficient (Wildman–Crippen LogP) is 4.06. The van der Waals surface area contributed by atoms with Gasteiger partial charge in [0.2, 0.25) is 0 Å². The molecule has 0 bridgehead atoms. The second-order valence-electron chi connectivity index (χ2n) is 3.95. The smallest absolute Gasteiger partial charge is 0.420 e. The number of nitrogens with zero attached hydrogens (tertiary/aromatic N) is 1. The predicted molar refractivity (Wildman–Crippen MR) is 69.4 cm³/mol. The molecule has 0 amide bonds. The fourth-order valence-electron chi connectivity index (χ4n) is 1.52. The molecule has 0 saturated carbocycles. The van der Waals surface area contributed by atoms with Crippen molar-refractivity contribution in [1.29, 1.82) is 5.26 Å². The van der Waals surface area contributed by atoms with Gasteiger partial charge in [0.15, 0.2) is 0 Å². The van der Waals surface area contributed by atoms with Crippen LogP contribution in [-0.2, 0) is 6.18 Å². The highest BCUT2D eigenvalue weighted by Crippen LogP contribution is 2.36. The normalized spacial score (nSPS) is 11.1. The Morgan fingerprint density at radius 2 is 1.95 bits per heavy atom. The summed E-state index contributed by atoms with van der Waals surface area (Å²) in [4.78, 5) is 0. The van der Waals surface area contributed by atoms with Gasteiger partial charge in [0.25, 0.3) is 0 Å². The van der Waals surface area contributed by atoms with Crippen LogP contribution in [-0.4, -0.2) is 12.4 Å². The van der Waals surface area contributed by atoms with E-state index in [1.807, 2.05) is 0 Å². The first-order chi connectivity index (χ1) is 8.99. The minimum Gasteiger partial charge on any atom is -0.493 e. The van der Waals surface area contributed by atoms with E-state index in [-0.39, 0.29) is 17.9 Å². The van der Waals surface area contributed by atoms with Crippen molar-refractivity contribution >= 4 is 12.6 Å². The van der Waals surface area contributed by atoms with Gasteiger partial charge in [-0.1, -0.05) is 0 Å². The zero-order valence-electron chi connectivity index (χ0n) is 10.2. The Labute approximate surface area is 115 Å². The van der Waals surface area contributed by atoms with Crippen LogP contribution in [0.5, 0.6) is 5.75 Å². The Hall–Kier alpha value is -1.35. The molecule has 0 spiro atoms. The molecule has 0 N–H and O–H groups in total. The molecule has 0 fully saturated rings. The number of rotatable bonds is 6. The third-order valence-electron chi connectivity index (χ3n) is 2.47. The zero-order chi connectivity index (χ0) is 14.3. The van der Waals surface area contributed by atoms with Crippen molar-refractivity contribution in [3.05, 3.63) is 29.3 Å². The lowest BCUT2D eigenvalue weighted by molar-refractivity contribution is -0.139. The molecule has 1 aromatic rings. The average Bonchev–Trinajstić information content (AvgIpc) is 2.37. The lowest BCUT2D eigenvalue weighted by Gasteiger charge is -2.14. The first-order valence-corrected chi connectivity index (χ1v) is 6.47. The summed E-state index contributed by atoms with van der Waals surface area (Å²) in [6.07, 6.45) is -2.07. The van der Waals surface area contributed by atoms with E-state index in [9.17, 15) is 13.2 Å². The van der Waals surface area contributed by atoms with Crippen molar-refractivity contribution in [1.82, 2.24) is 0 Å². The Balaban J connectivity index is 2.74. The van der Waals surface area contributed by atoms with E-state index in [0.29, 0.717) is 6.42 Å². The molecule has 0 aromatic heterocycles. The maximum absolute atomic E-state index is 12.8. The molecule has 2 nitrogen and oxygen atoms in total. The van der Waals surface area contributed by atoms with Gasteiger partial charge in [0.1, 0.15) is 5.75 Å². The summed E-state index contributed by atoms with van der Waals surface area (Å²) in [5.41, 5.74) is -0.935. The first-order valence-electron chi connectivity index (χ1n) is 5.84. The summed E-state index contributed by atoms with van der Waals surface area (Å²) in [5.74, 6) is 0.530. The van der Waals surface area contributed by atoms with Gasteiger partial charge < -0.3 is 4.74 Å². The monoisotopic (exact) mass is 289 g/mol. The van der Waals surface area contributed by atoms with Crippen LogP contribution in [0, 0.1) is 11.3 Å². The van der Waals surface area contributed by atoms with Crippen LogP contribution in [0.25, 0.3) is 0 Å². The topological polar surface area (TPSA) is 33.0 Å². The molecule has 0 aliphatic carbocycles. The van der Waals surface area contributed by atoms with Crippen LogP contribution in [0.3, 0.4) is 0 Å². The largest absolute Gasteiger partial charge is 0.493 e. The van der Waals surface area contributed by atoms with Gasteiger partial charge >= 0.3 is 6.18 Å². The lowest BCUT2D eigenvalue weighted by atomic mass is 10.1. The number of benzene rings is 1. The molecule has 1 rings (SSSR count). The van der Waals surface area contributed by atoms with Crippen molar-refractivity contribution in [3.63, 3.8) is 0 Å². The lowest BCUT2D eigenvalue weighted by Crippen LogP contribution is -2.10. The van der Waals surface area contributed by atoms with Crippen molar-refractivity contribution in [2.24, 2.45) is 0 Å². The second kappa shape index (κ2) is 7.29. The van der Waals surface area contributed by atoms with Crippen LogP contribution in [0.15, 0.2) is 18.2 Å². The molecular formula is C13H14F3NOS. The van der Waals surface area contributed by atoms with Gasteiger partial charge in [-0.15, -0.1) is 0 Å². The fraction of sp³-hybridized carbons (Fsp3) is 0.462. The van der Waals surface area contributed by atoms with Gasteiger partial charge in [-0.05, 0) is 43.2 Å². The number of unbranched alkanes of at least 4 members (excludes halogenated alkanes) is 2. The molecule has 0 heterocycles. The minimum atomic E-state index is -4.52. The number of ether oxygens (including phenoxy) is 1. The van der Waals surface area contributed by atoms with Gasteiger partial charge in [0.05, 0.1) is 23.8 Å². The van der Waals surface area contributed by atoms with Gasteiger partial charge in [-0.3, -0.25) is 0 Å². The Bertz CT molecular complexity index is 454. The van der Waals surface area contributed by atoms with Crippen LogP contribution >= 0.6 is 12.6 Å². The molecule has 1 aromatic carbocycles. The molecule has 0 radical (unpaired) electrons. The van der Waals surface area contributed by atoms with E-state index in [4.69, 9.17) is 10.00 Å². The Morgan fingerprint density at radius 3 is 2.53 bits per heavy atom. The zero-order valence-corrected chi connectivity index (χ0v) is 11.1. The molecule has 104 valence electrons. The highest BCUT2D eigenvalue weighted by molar-refractivity contribution is 7.80. The quantitative estimate of drug-likeness (QED) is 0.633. The van der Waals surface area contributed by atoms with Crippen LogP contribution in [0.2, 0.25) is 0 Å². The molecule has 0 atom stereocenters. The van der Waals surface area contributed by atoms with Crippen molar-refractivity contribution in [3.8, 4) is 11.8 Å². The number of nitriles is 1. The highest BCUT2D eigenvalue weighted by atomic mass is 32.1. The van der Waals surface area contributed by atoms with Crippen LogP contribution < -0.4 is 4.74 Å². The summed E-state index contributed by atoms with van der Waals surface area (Å²) >= 11 is 4.05. The summed E-state index contributed by atoms with van der Waals surface area (Å²) in [6, 6.07) is 5.01. The summed E-state index contributed by atoms with van der Waals surface area (Å²) in [5, 5.41) is 8.63. The molecule has 0 saturated heterocycles. The van der Waals surface area contributed by atoms with E-state index in [2.05, 4.69) is 12.6 Å². The molecule has 0 unspecified atom stereocenters. The number of halogens is 3. The van der Waals surface area contributed by atoms with E-state index in [0.717, 1.165) is 24.7 Å². The molecular weight excluding hydrogens is 275 g/mol. The maximum Gasteiger partial charge on any atom is 0.420 e. The van der Waals surface area contributed by atoms with Crippen molar-refractivity contribution < 1.29 is 17.9 Å². The second-order valence-corrected chi connectivity index (χ2v) is 4.40. The fourth-order valence-corrected chi connectivity index (χ4v) is 1.74. The summed E-state index contributed by atoms with van der Waals surface area (Å²) in [7, 11) is 0. The number of alkyl halides is 3. The van der Waals surface area contributed by atoms with E-state index >= 15 is 0 Å². The first kappa shape index (κ1) is 15.7. The Kier molecular flexibility index (Phi) is 6.03. The molecule has 6 heteroatoms. The Morgan fingerprint density at radius 1 is 1.21 bits per heavy atom. The third kappa shape index (κ3) is 5.03. The molecule has 0 aliphatic rings. The minimum absolute atomic E-state index is 0.0326. The third-order valence-corrected chi connectivity index (χ3v) is 2.79. The van der Waals surface area contributed by atoms with Crippen LogP contribution in [0.4, 0.5) is 13.2 Å². The van der Waals surface area contributed by atoms with Gasteiger partial charge in [-0.25, -0.2) is 0 Å². The van der Waals surface area contributed by atoms with Crippen molar-refractivity contribution in [2.45, 2.75) is 25.4 Å². The summed E-state index contributed by atoms with van der Waals surface area (Å²) < 4.78 is 43.5. The van der Waals surface area contributed by atoms with E-state index in [1.165, 1.54) is 12.1 Å². The molecule has 19 heavy (non-hydrogen) atoms.